The number of halogens is 1. The molecule has 0 unspecified atom stereocenters. The van der Waals surface area contributed by atoms with Crippen molar-refractivity contribution in [3.05, 3.63) is 102 Å². The Labute approximate surface area is 177 Å². The zero-order chi connectivity index (χ0) is 21.4. The van der Waals surface area contributed by atoms with Crippen molar-refractivity contribution in [2.75, 3.05) is 4.90 Å². The van der Waals surface area contributed by atoms with Gasteiger partial charge in [0.1, 0.15) is 5.82 Å². The molecule has 0 radical (unpaired) electrons. The van der Waals surface area contributed by atoms with Crippen molar-refractivity contribution in [3.63, 3.8) is 0 Å². The minimum Gasteiger partial charge on any atom is -0.301 e. The van der Waals surface area contributed by atoms with E-state index in [0.717, 1.165) is 16.5 Å². The van der Waals surface area contributed by atoms with E-state index >= 15 is 0 Å². The molecule has 0 atom stereocenters. The minimum atomic E-state index is -0.391. The molecule has 0 bridgehead atoms. The lowest BCUT2D eigenvalue weighted by molar-refractivity contribution is 0.0984. The van der Waals surface area contributed by atoms with Crippen LogP contribution in [0.5, 0.6) is 0 Å². The van der Waals surface area contributed by atoms with Crippen LogP contribution in [0.1, 0.15) is 21.9 Å². The summed E-state index contributed by atoms with van der Waals surface area (Å²) in [6.07, 6.45) is 0. The summed E-state index contributed by atoms with van der Waals surface area (Å²) >= 11 is 0. The Hall–Kier alpha value is -4.13. The van der Waals surface area contributed by atoms with Gasteiger partial charge in [0.2, 0.25) is 0 Å². The number of rotatable bonds is 4. The van der Waals surface area contributed by atoms with Crippen LogP contribution in [0.4, 0.5) is 10.1 Å². The molecular formula is C24H18FN5O. The fourth-order valence-corrected chi connectivity index (χ4v) is 3.66. The van der Waals surface area contributed by atoms with Gasteiger partial charge in [0, 0.05) is 22.0 Å². The van der Waals surface area contributed by atoms with Crippen molar-refractivity contribution < 1.29 is 9.18 Å². The number of para-hydroxylation sites is 1. The van der Waals surface area contributed by atoms with Crippen LogP contribution in [0.25, 0.3) is 16.4 Å². The molecule has 3 aromatic carbocycles. The van der Waals surface area contributed by atoms with E-state index in [2.05, 4.69) is 15.3 Å². The molecule has 5 aromatic rings. The zero-order valence-electron chi connectivity index (χ0n) is 16.7. The number of nitrogens with zero attached hydrogens (tertiary/aromatic N) is 5. The third kappa shape index (κ3) is 3.40. The average Bonchev–Trinajstić information content (AvgIpc) is 3.21. The van der Waals surface area contributed by atoms with Crippen LogP contribution in [-0.4, -0.2) is 25.7 Å². The van der Waals surface area contributed by atoms with Gasteiger partial charge in [-0.05, 0) is 43.3 Å². The summed E-state index contributed by atoms with van der Waals surface area (Å²) < 4.78 is 15.1. The SMILES string of the molecule is Cc1nn2c(CN(C(=O)c3ccc(F)cc3)c3ccccc3)nnc2c2ccccc12. The number of hydrogen-bond donors (Lipinski definition) is 0. The van der Waals surface area contributed by atoms with Crippen molar-refractivity contribution in [1.29, 1.82) is 0 Å². The first-order valence-corrected chi connectivity index (χ1v) is 9.84. The third-order valence-electron chi connectivity index (χ3n) is 5.22. The Morgan fingerprint density at radius 3 is 2.32 bits per heavy atom. The molecule has 0 saturated carbocycles. The molecule has 0 fully saturated rings. The standard InChI is InChI=1S/C24H18FN5O/c1-16-20-9-5-6-10-21(20)23-27-26-22(30(23)28-16)15-29(19-7-3-2-4-8-19)24(31)17-11-13-18(25)14-12-17/h2-14H,15H2,1H3. The molecule has 0 saturated heterocycles. The molecule has 1 amide bonds. The first-order chi connectivity index (χ1) is 15.1. The highest BCUT2D eigenvalue weighted by Crippen LogP contribution is 2.23. The van der Waals surface area contributed by atoms with Crippen molar-refractivity contribution >= 4 is 28.0 Å². The quantitative estimate of drug-likeness (QED) is 0.435. The van der Waals surface area contributed by atoms with Gasteiger partial charge in [-0.2, -0.15) is 9.61 Å². The van der Waals surface area contributed by atoms with E-state index in [4.69, 9.17) is 0 Å². The van der Waals surface area contributed by atoms with Gasteiger partial charge in [-0.15, -0.1) is 10.2 Å². The summed E-state index contributed by atoms with van der Waals surface area (Å²) in [4.78, 5) is 14.9. The Morgan fingerprint density at radius 1 is 0.903 bits per heavy atom. The second-order valence-corrected chi connectivity index (χ2v) is 7.22. The number of anilines is 1. The van der Waals surface area contributed by atoms with Crippen LogP contribution >= 0.6 is 0 Å². The summed E-state index contributed by atoms with van der Waals surface area (Å²) in [7, 11) is 0. The predicted molar refractivity (Wildman–Crippen MR) is 116 cm³/mol. The molecule has 0 spiro atoms. The summed E-state index contributed by atoms with van der Waals surface area (Å²) in [6, 6.07) is 22.7. The van der Waals surface area contributed by atoms with Gasteiger partial charge >= 0.3 is 0 Å². The number of amides is 1. The van der Waals surface area contributed by atoms with Crippen LogP contribution in [0.15, 0.2) is 78.9 Å². The van der Waals surface area contributed by atoms with Crippen LogP contribution in [-0.2, 0) is 6.54 Å². The Bertz CT molecular complexity index is 1400. The van der Waals surface area contributed by atoms with Crippen molar-refractivity contribution in [3.8, 4) is 0 Å². The maximum atomic E-state index is 13.4. The van der Waals surface area contributed by atoms with Crippen molar-refractivity contribution in [1.82, 2.24) is 19.8 Å². The third-order valence-corrected chi connectivity index (χ3v) is 5.22. The summed E-state index contributed by atoms with van der Waals surface area (Å²) in [5.41, 5.74) is 2.57. The highest BCUT2D eigenvalue weighted by Gasteiger charge is 2.22. The fourth-order valence-electron chi connectivity index (χ4n) is 3.66. The predicted octanol–water partition coefficient (Wildman–Crippen LogP) is 4.57. The number of aromatic nitrogens is 4. The van der Waals surface area contributed by atoms with Crippen LogP contribution < -0.4 is 4.90 Å². The molecule has 5 rings (SSSR count). The summed E-state index contributed by atoms with van der Waals surface area (Å²) in [5.74, 6) is -0.124. The van der Waals surface area contributed by atoms with Gasteiger partial charge in [-0.25, -0.2) is 4.39 Å². The number of aryl methyl sites for hydroxylation is 1. The largest absolute Gasteiger partial charge is 0.301 e. The maximum absolute atomic E-state index is 13.4. The van der Waals surface area contributed by atoms with Crippen LogP contribution in [0.3, 0.4) is 0 Å². The van der Waals surface area contributed by atoms with Gasteiger partial charge < -0.3 is 4.90 Å². The number of benzene rings is 3. The lowest BCUT2D eigenvalue weighted by atomic mass is 10.1. The van der Waals surface area contributed by atoms with E-state index in [-0.39, 0.29) is 12.5 Å². The van der Waals surface area contributed by atoms with Gasteiger partial charge in [0.15, 0.2) is 11.5 Å². The first-order valence-electron chi connectivity index (χ1n) is 9.84. The van der Waals surface area contributed by atoms with E-state index in [1.54, 1.807) is 9.42 Å². The molecular weight excluding hydrogens is 393 g/mol. The van der Waals surface area contributed by atoms with E-state index < -0.39 is 5.82 Å². The van der Waals surface area contributed by atoms with Gasteiger partial charge in [-0.1, -0.05) is 42.5 Å². The molecule has 31 heavy (non-hydrogen) atoms. The highest BCUT2D eigenvalue weighted by molar-refractivity contribution is 6.06. The monoisotopic (exact) mass is 411 g/mol. The normalized spacial score (nSPS) is 11.2. The number of carbonyl (C=O) groups is 1. The number of carbonyl (C=O) groups excluding carboxylic acids is 1. The second kappa shape index (κ2) is 7.60. The topological polar surface area (TPSA) is 63.4 Å². The van der Waals surface area contributed by atoms with Crippen LogP contribution in [0, 0.1) is 12.7 Å². The fraction of sp³-hybridized carbons (Fsp3) is 0.0833. The molecule has 2 aromatic heterocycles. The zero-order valence-corrected chi connectivity index (χ0v) is 16.7. The summed E-state index contributed by atoms with van der Waals surface area (Å²) in [6.45, 7) is 2.09. The highest BCUT2D eigenvalue weighted by atomic mass is 19.1. The molecule has 0 aliphatic rings. The number of hydrogen-bond acceptors (Lipinski definition) is 4. The van der Waals surface area contributed by atoms with Gasteiger partial charge in [0.25, 0.3) is 5.91 Å². The van der Waals surface area contributed by atoms with E-state index in [9.17, 15) is 9.18 Å². The molecule has 152 valence electrons. The molecule has 0 aliphatic heterocycles. The van der Waals surface area contributed by atoms with Crippen molar-refractivity contribution in [2.24, 2.45) is 0 Å². The molecule has 6 nitrogen and oxygen atoms in total. The molecule has 2 heterocycles. The van der Waals surface area contributed by atoms with Gasteiger partial charge in [0.05, 0.1) is 12.2 Å². The van der Waals surface area contributed by atoms with E-state index in [1.807, 2.05) is 61.5 Å². The maximum Gasteiger partial charge on any atom is 0.258 e. The van der Waals surface area contributed by atoms with E-state index in [0.29, 0.717) is 22.7 Å². The Balaban J connectivity index is 1.61. The molecule has 0 N–H and O–H groups in total. The van der Waals surface area contributed by atoms with Gasteiger partial charge in [-0.3, -0.25) is 4.79 Å². The first kappa shape index (κ1) is 18.9. The number of fused-ring (bicyclic) bond motifs is 3. The van der Waals surface area contributed by atoms with E-state index in [1.165, 1.54) is 24.3 Å². The lowest BCUT2D eigenvalue weighted by Crippen LogP contribution is -2.31. The van der Waals surface area contributed by atoms with Crippen LogP contribution in [0.2, 0.25) is 0 Å². The lowest BCUT2D eigenvalue weighted by Gasteiger charge is -2.22. The minimum absolute atomic E-state index is 0.159. The summed E-state index contributed by atoms with van der Waals surface area (Å²) in [5, 5.41) is 15.3. The second-order valence-electron chi connectivity index (χ2n) is 7.22. The molecule has 7 heteroatoms. The van der Waals surface area contributed by atoms with Crippen molar-refractivity contribution in [2.45, 2.75) is 13.5 Å². The Kier molecular flexibility index (Phi) is 4.63. The smallest absolute Gasteiger partial charge is 0.258 e. The molecule has 0 aliphatic carbocycles. The Morgan fingerprint density at radius 2 is 1.58 bits per heavy atom. The average molecular weight is 411 g/mol.